The van der Waals surface area contributed by atoms with E-state index in [0.717, 1.165) is 38.0 Å². The fourth-order valence-corrected chi connectivity index (χ4v) is 2.58. The molecule has 0 amide bonds. The molecule has 0 saturated carbocycles. The van der Waals surface area contributed by atoms with Crippen molar-refractivity contribution in [2.24, 2.45) is 5.92 Å². The van der Waals surface area contributed by atoms with Gasteiger partial charge in [-0.1, -0.05) is 19.9 Å². The normalized spacial score (nSPS) is 14.2. The summed E-state index contributed by atoms with van der Waals surface area (Å²) >= 11 is 0. The van der Waals surface area contributed by atoms with Crippen LogP contribution in [0, 0.1) is 18.7 Å². The number of aryl methyl sites for hydroxylation is 1. The van der Waals surface area contributed by atoms with Gasteiger partial charge in [0.1, 0.15) is 5.82 Å². The molecule has 2 atom stereocenters. The number of benzene rings is 1. The monoisotopic (exact) mass is 281 g/mol. The number of hydrogen-bond donors (Lipinski definition) is 1. The number of methoxy groups -OCH3 is 1. The molecule has 20 heavy (non-hydrogen) atoms. The second-order valence-corrected chi connectivity index (χ2v) is 5.72. The quantitative estimate of drug-likeness (QED) is 0.745. The minimum atomic E-state index is -0.155. The molecule has 1 aromatic rings. The van der Waals surface area contributed by atoms with Gasteiger partial charge in [-0.15, -0.1) is 0 Å². The average Bonchev–Trinajstić information content (AvgIpc) is 2.39. The Kier molecular flexibility index (Phi) is 7.78. The van der Waals surface area contributed by atoms with E-state index >= 15 is 0 Å². The number of ether oxygens (including phenoxy) is 1. The third-order valence-corrected chi connectivity index (χ3v) is 3.59. The number of rotatable bonds is 9. The van der Waals surface area contributed by atoms with E-state index in [9.17, 15) is 4.39 Å². The summed E-state index contributed by atoms with van der Waals surface area (Å²) in [5, 5.41) is 3.60. The molecule has 3 heteroatoms. The van der Waals surface area contributed by atoms with E-state index in [1.165, 1.54) is 5.56 Å². The van der Waals surface area contributed by atoms with Crippen LogP contribution in [0.25, 0.3) is 0 Å². The van der Waals surface area contributed by atoms with Crippen LogP contribution >= 0.6 is 0 Å². The Morgan fingerprint density at radius 1 is 1.35 bits per heavy atom. The van der Waals surface area contributed by atoms with Gasteiger partial charge in [-0.2, -0.15) is 0 Å². The Bertz CT molecular complexity index is 395. The minimum Gasteiger partial charge on any atom is -0.384 e. The van der Waals surface area contributed by atoms with Crippen molar-refractivity contribution in [3.05, 3.63) is 35.1 Å². The van der Waals surface area contributed by atoms with E-state index in [1.54, 1.807) is 19.2 Å². The Labute approximate surface area is 122 Å². The summed E-state index contributed by atoms with van der Waals surface area (Å²) in [7, 11) is 1.75. The topological polar surface area (TPSA) is 21.3 Å². The van der Waals surface area contributed by atoms with Crippen molar-refractivity contribution in [3.63, 3.8) is 0 Å². The van der Waals surface area contributed by atoms with Gasteiger partial charge in [-0.05, 0) is 61.9 Å². The van der Waals surface area contributed by atoms with Gasteiger partial charge in [0.15, 0.2) is 0 Å². The molecule has 0 fully saturated rings. The maximum absolute atomic E-state index is 13.2. The van der Waals surface area contributed by atoms with Gasteiger partial charge >= 0.3 is 0 Å². The molecule has 0 aromatic heterocycles. The van der Waals surface area contributed by atoms with Gasteiger partial charge in [0.2, 0.25) is 0 Å². The molecule has 0 saturated heterocycles. The molecule has 0 aliphatic rings. The lowest BCUT2D eigenvalue weighted by atomic mass is 9.94. The number of halogens is 1. The van der Waals surface area contributed by atoms with Crippen molar-refractivity contribution in [1.29, 1.82) is 0 Å². The summed E-state index contributed by atoms with van der Waals surface area (Å²) in [6.07, 6.45) is 3.14. The van der Waals surface area contributed by atoms with E-state index < -0.39 is 0 Å². The van der Waals surface area contributed by atoms with Crippen LogP contribution in [0.4, 0.5) is 4.39 Å². The largest absolute Gasteiger partial charge is 0.384 e. The van der Waals surface area contributed by atoms with E-state index in [2.05, 4.69) is 19.2 Å². The summed E-state index contributed by atoms with van der Waals surface area (Å²) in [6.45, 7) is 8.17. The Balaban J connectivity index is 2.67. The molecule has 0 bridgehead atoms. The molecule has 1 rings (SSSR count). The van der Waals surface area contributed by atoms with Gasteiger partial charge in [0.05, 0.1) is 0 Å². The van der Waals surface area contributed by atoms with Crippen LogP contribution in [0.3, 0.4) is 0 Å². The van der Waals surface area contributed by atoms with Crippen LogP contribution in [-0.4, -0.2) is 26.3 Å². The first-order valence-corrected chi connectivity index (χ1v) is 7.54. The first-order valence-electron chi connectivity index (χ1n) is 7.54. The standard InChI is InChI=1S/C17H28FNO/c1-5-8-19-17(9-13(2)12-20-4)11-15-6-7-16(18)10-14(15)3/h6-7,10,13,17,19H,5,8-9,11-12H2,1-4H3. The average molecular weight is 281 g/mol. The fourth-order valence-electron chi connectivity index (χ4n) is 2.58. The zero-order valence-electron chi connectivity index (χ0n) is 13.2. The molecule has 2 unspecified atom stereocenters. The van der Waals surface area contributed by atoms with E-state index in [1.807, 2.05) is 13.0 Å². The Hall–Kier alpha value is -0.930. The maximum atomic E-state index is 13.2. The van der Waals surface area contributed by atoms with Crippen LogP contribution in [0.15, 0.2) is 18.2 Å². The van der Waals surface area contributed by atoms with Gasteiger partial charge in [-0.3, -0.25) is 0 Å². The molecule has 0 heterocycles. The molecule has 0 aliphatic heterocycles. The maximum Gasteiger partial charge on any atom is 0.123 e. The molecule has 0 aliphatic carbocycles. The van der Waals surface area contributed by atoms with Gasteiger partial charge in [0, 0.05) is 19.8 Å². The molecule has 0 radical (unpaired) electrons. The van der Waals surface area contributed by atoms with Gasteiger partial charge < -0.3 is 10.1 Å². The van der Waals surface area contributed by atoms with Crippen LogP contribution in [0.1, 0.15) is 37.8 Å². The Morgan fingerprint density at radius 3 is 2.70 bits per heavy atom. The first kappa shape index (κ1) is 17.1. The predicted molar refractivity (Wildman–Crippen MR) is 82.6 cm³/mol. The number of nitrogens with one attached hydrogen (secondary N) is 1. The van der Waals surface area contributed by atoms with E-state index in [4.69, 9.17) is 4.74 Å². The summed E-state index contributed by atoms with van der Waals surface area (Å²) in [4.78, 5) is 0. The molecule has 2 nitrogen and oxygen atoms in total. The molecular weight excluding hydrogens is 253 g/mol. The highest BCUT2D eigenvalue weighted by molar-refractivity contribution is 5.27. The summed E-state index contributed by atoms with van der Waals surface area (Å²) in [5.41, 5.74) is 2.26. The molecular formula is C17H28FNO. The summed E-state index contributed by atoms with van der Waals surface area (Å²) < 4.78 is 18.4. The second-order valence-electron chi connectivity index (χ2n) is 5.72. The summed E-state index contributed by atoms with van der Waals surface area (Å²) in [6, 6.07) is 5.50. The van der Waals surface area contributed by atoms with Gasteiger partial charge in [-0.25, -0.2) is 4.39 Å². The first-order chi connectivity index (χ1) is 9.56. The van der Waals surface area contributed by atoms with E-state index in [0.29, 0.717) is 12.0 Å². The van der Waals surface area contributed by atoms with Crippen LogP contribution in [0.2, 0.25) is 0 Å². The minimum absolute atomic E-state index is 0.155. The molecule has 114 valence electrons. The van der Waals surface area contributed by atoms with E-state index in [-0.39, 0.29) is 5.82 Å². The Morgan fingerprint density at radius 2 is 2.10 bits per heavy atom. The molecule has 1 aromatic carbocycles. The van der Waals surface area contributed by atoms with Gasteiger partial charge in [0.25, 0.3) is 0 Å². The number of hydrogen-bond acceptors (Lipinski definition) is 2. The van der Waals surface area contributed by atoms with Crippen molar-refractivity contribution < 1.29 is 9.13 Å². The second kappa shape index (κ2) is 9.09. The molecule has 0 spiro atoms. The lowest BCUT2D eigenvalue weighted by Gasteiger charge is -2.23. The van der Waals surface area contributed by atoms with Crippen molar-refractivity contribution in [1.82, 2.24) is 5.32 Å². The third-order valence-electron chi connectivity index (χ3n) is 3.59. The van der Waals surface area contributed by atoms with Crippen molar-refractivity contribution in [2.45, 2.75) is 46.1 Å². The fraction of sp³-hybridized carbons (Fsp3) is 0.647. The lowest BCUT2D eigenvalue weighted by molar-refractivity contribution is 0.149. The van der Waals surface area contributed by atoms with Crippen molar-refractivity contribution in [2.75, 3.05) is 20.3 Å². The van der Waals surface area contributed by atoms with Crippen LogP contribution in [0.5, 0.6) is 0 Å². The van der Waals surface area contributed by atoms with Crippen molar-refractivity contribution in [3.8, 4) is 0 Å². The third kappa shape index (κ3) is 6.02. The van der Waals surface area contributed by atoms with Crippen LogP contribution in [-0.2, 0) is 11.2 Å². The zero-order chi connectivity index (χ0) is 15.0. The van der Waals surface area contributed by atoms with Crippen molar-refractivity contribution >= 4 is 0 Å². The smallest absolute Gasteiger partial charge is 0.123 e. The lowest BCUT2D eigenvalue weighted by Crippen LogP contribution is -2.34. The summed E-state index contributed by atoms with van der Waals surface area (Å²) in [5.74, 6) is 0.368. The molecule has 1 N–H and O–H groups in total. The zero-order valence-corrected chi connectivity index (χ0v) is 13.2. The predicted octanol–water partition coefficient (Wildman–Crippen LogP) is 3.72. The van der Waals surface area contributed by atoms with Crippen LogP contribution < -0.4 is 5.32 Å². The highest BCUT2D eigenvalue weighted by atomic mass is 19.1. The SMILES string of the molecule is CCCNC(Cc1ccc(F)cc1C)CC(C)COC. The highest BCUT2D eigenvalue weighted by Crippen LogP contribution is 2.16. The highest BCUT2D eigenvalue weighted by Gasteiger charge is 2.14.